The molecule has 2 rings (SSSR count). The third-order valence-corrected chi connectivity index (χ3v) is 47.8. The topological polar surface area (TPSA) is 12.0 Å². The van der Waals surface area contributed by atoms with Gasteiger partial charge < -0.3 is 2.85 Å². The van der Waals surface area contributed by atoms with Crippen LogP contribution in [0.5, 0.6) is 0 Å². The van der Waals surface area contributed by atoms with Crippen LogP contribution < -0.4 is 8.45 Å². The molecule has 0 unspecified atom stereocenters. The fourth-order valence-corrected chi connectivity index (χ4v) is 54.1. The zero-order valence-corrected chi connectivity index (χ0v) is 20.4. The maximum absolute atomic E-state index is 4.76. The van der Waals surface area contributed by atoms with Gasteiger partial charge in [0.1, 0.15) is 0 Å². The Morgan fingerprint density at radius 3 is 2.00 bits per heavy atom. The summed E-state index contributed by atoms with van der Waals surface area (Å²) in [7, 11) is 0. The van der Waals surface area contributed by atoms with Gasteiger partial charge in [0.2, 0.25) is 0 Å². The Labute approximate surface area is 139 Å². The summed E-state index contributed by atoms with van der Waals surface area (Å²) in [5.74, 6) is 0. The van der Waals surface area contributed by atoms with Gasteiger partial charge in [0.25, 0.3) is 0 Å². The second kappa shape index (κ2) is 3.64. The van der Waals surface area contributed by atoms with Crippen molar-refractivity contribution in [3.8, 4) is 0 Å². The number of hydrogen-bond acceptors (Lipinski definition) is 1. The Morgan fingerprint density at radius 2 is 1.57 bits per heavy atom. The Kier molecular flexibility index (Phi) is 3.02. The van der Waals surface area contributed by atoms with Gasteiger partial charge in [0, 0.05) is 0 Å². The second-order valence-electron chi connectivity index (χ2n) is 15.1. The van der Waals surface area contributed by atoms with Crippen molar-refractivity contribution < 1.29 is 16.6 Å². The minimum atomic E-state index is -4.76. The Hall–Kier alpha value is -0.240. The molecule has 0 amide bonds. The molecule has 1 aliphatic carbocycles. The van der Waals surface area contributed by atoms with Gasteiger partial charge in [-0.3, -0.25) is 0 Å². The first-order valence-corrected chi connectivity index (χ1v) is 30.5. The van der Waals surface area contributed by atoms with Gasteiger partial charge in [-0.05, 0) is 0 Å². The van der Waals surface area contributed by atoms with E-state index < -0.39 is 20.4 Å². The summed E-state index contributed by atoms with van der Waals surface area (Å²) in [5.41, 5.74) is 0.0675. The third-order valence-electron chi connectivity index (χ3n) is 6.02. The van der Waals surface area contributed by atoms with Gasteiger partial charge >= 0.3 is 137 Å². The number of rotatable bonds is 4. The van der Waals surface area contributed by atoms with E-state index in [0.717, 1.165) is 6.42 Å². The molecule has 134 valence electrons. The van der Waals surface area contributed by atoms with Crippen molar-refractivity contribution in [1.82, 2.24) is 3.26 Å². The van der Waals surface area contributed by atoms with Crippen molar-refractivity contribution in [3.63, 3.8) is 0 Å². The third kappa shape index (κ3) is 3.72. The molecule has 1 aromatic carbocycles. The van der Waals surface area contributed by atoms with E-state index in [-0.39, 0.29) is 8.39 Å². The van der Waals surface area contributed by atoms with Gasteiger partial charge in [-0.25, -0.2) is 0 Å². The number of hydrogen-bond donors (Lipinski definition) is 1. The van der Waals surface area contributed by atoms with E-state index in [4.69, 9.17) is 0 Å². The zero-order chi connectivity index (χ0) is 17.8. The molecule has 23 heavy (non-hydrogen) atoms. The molecule has 0 atom stereocenters. The molecular formula is C20H39NSiZr-2. The van der Waals surface area contributed by atoms with Crippen LogP contribution in [-0.2, 0) is 13.8 Å². The first-order valence-electron chi connectivity index (χ1n) is 9.08. The molecular weight excluding hydrogens is 374 g/mol. The summed E-state index contributed by atoms with van der Waals surface area (Å²) in [5, 5.41) is 1.56. The first kappa shape index (κ1) is 19.1. The van der Waals surface area contributed by atoms with Crippen LogP contribution in [0.3, 0.4) is 0 Å². The Morgan fingerprint density at radius 1 is 1.00 bits per heavy atom. The van der Waals surface area contributed by atoms with Crippen LogP contribution in [0.15, 0.2) is 51.8 Å². The van der Waals surface area contributed by atoms with Crippen LogP contribution in [0.4, 0.5) is 0 Å². The van der Waals surface area contributed by atoms with E-state index in [1.54, 1.807) is 8.47 Å². The van der Waals surface area contributed by atoms with Gasteiger partial charge in [0.15, 0.2) is 0 Å². The van der Waals surface area contributed by atoms with Crippen molar-refractivity contribution in [2.24, 2.45) is 0 Å². The van der Waals surface area contributed by atoms with Crippen LogP contribution in [0.25, 0.3) is 0 Å². The SMILES string of the molecule is CC(C)(C)[NH][Zr]([CH3])([CH3])([CH3])([CH3])([CH3])([SiH2]c1ccccc1)[C]1=CC=CC1.[H-].[H-]. The molecule has 0 radical (unpaired) electrons. The second-order valence-corrected chi connectivity index (χ2v) is 94.1. The van der Waals surface area contributed by atoms with Crippen molar-refractivity contribution in [2.45, 2.75) is 55.9 Å². The molecule has 1 N–H and O–H groups in total. The maximum atomic E-state index is 4.36. The van der Waals surface area contributed by atoms with Crippen LogP contribution in [0.2, 0.25) is 23.2 Å². The summed E-state index contributed by atoms with van der Waals surface area (Å²) in [4.78, 5) is 0. The Bertz CT molecular complexity index is 751. The zero-order valence-electron chi connectivity index (χ0n) is 18.5. The fourth-order valence-electron chi connectivity index (χ4n) is 5.98. The predicted molar refractivity (Wildman–Crippen MR) is 111 cm³/mol. The maximum Gasteiger partial charge on any atom is -1.00 e. The molecule has 1 aliphatic rings. The molecule has 3 heteroatoms. The number of nitrogens with one attached hydrogen (secondary N) is 1. The largest absolute Gasteiger partial charge is 1.00 e. The number of benzene rings is 1. The van der Waals surface area contributed by atoms with Crippen LogP contribution in [-0.4, -0.2) is 12.2 Å². The summed E-state index contributed by atoms with van der Waals surface area (Å²) in [6.07, 6.45) is 8.09. The van der Waals surface area contributed by atoms with Crippen molar-refractivity contribution in [1.29, 1.82) is 0 Å². The van der Waals surface area contributed by atoms with E-state index in [0.29, 0.717) is 0 Å². The minimum Gasteiger partial charge on any atom is -1.00 e. The predicted octanol–water partition coefficient (Wildman–Crippen LogP) is 5.30. The molecule has 0 bridgehead atoms. The standard InChI is InChI=1S/C6H7Si.C5H5.C4H10N.5CH3.Zr.2H/c7-6-4-2-1-3-5-6;1-2-4-5-3-1;1-4(2,3)5;;;;;;;;/h1-5H,7H2;1-3H,4H2;5H,1-3H3;5*1H3;;;/q;;-1;;;;;;+1;2*-1. The summed E-state index contributed by atoms with van der Waals surface area (Å²) in [6.45, 7) is 6.34. The fraction of sp³-hybridized carbons (Fsp3) is 0.500. The van der Waals surface area contributed by atoms with Crippen LogP contribution in [0, 0.1) is 0 Å². The van der Waals surface area contributed by atoms with Crippen LogP contribution in [0.1, 0.15) is 30.0 Å². The molecule has 0 spiro atoms. The normalized spacial score (nSPS) is 23.0. The molecule has 1 aromatic rings. The van der Waals surface area contributed by atoms with Gasteiger partial charge in [-0.15, -0.1) is 0 Å². The van der Waals surface area contributed by atoms with E-state index in [1.807, 2.05) is 0 Å². The van der Waals surface area contributed by atoms with Gasteiger partial charge in [-0.1, -0.05) is 0 Å². The quantitative estimate of drug-likeness (QED) is 0.661. The van der Waals surface area contributed by atoms with E-state index >= 15 is 0 Å². The average Bonchev–Trinajstić information content (AvgIpc) is 2.79. The molecule has 0 fully saturated rings. The van der Waals surface area contributed by atoms with Crippen molar-refractivity contribution >= 4 is 11.8 Å². The minimum absolute atomic E-state index is 0. The summed E-state index contributed by atoms with van der Waals surface area (Å²) < 4.78 is 19.2. The van der Waals surface area contributed by atoms with Crippen LogP contribution >= 0.6 is 0 Å². The van der Waals surface area contributed by atoms with Gasteiger partial charge in [0.05, 0.1) is 0 Å². The monoisotopic (exact) mass is 411 g/mol. The first-order chi connectivity index (χ1) is 9.87. The summed E-state index contributed by atoms with van der Waals surface area (Å²) >= 11 is -4.76. The molecule has 0 saturated carbocycles. The molecule has 1 nitrogen and oxygen atoms in total. The summed E-state index contributed by atoms with van der Waals surface area (Å²) in [6, 6.07) is 11.2. The average molecular weight is 413 g/mol. The smallest absolute Gasteiger partial charge is 1.00 e. The molecule has 0 heterocycles. The molecule has 0 saturated heterocycles. The number of allylic oxidation sites excluding steroid dienone is 4. The van der Waals surface area contributed by atoms with Crippen molar-refractivity contribution in [2.75, 3.05) is 0 Å². The Balaban J connectivity index is 0.00000288. The van der Waals surface area contributed by atoms with E-state index in [2.05, 4.69) is 95.7 Å². The van der Waals surface area contributed by atoms with Gasteiger partial charge in [-0.2, -0.15) is 0 Å². The molecule has 0 aromatic heterocycles. The van der Waals surface area contributed by atoms with E-state index in [1.165, 1.54) is 0 Å². The van der Waals surface area contributed by atoms with Crippen molar-refractivity contribution in [3.05, 3.63) is 51.8 Å². The molecule has 0 aliphatic heterocycles. The van der Waals surface area contributed by atoms with E-state index in [9.17, 15) is 0 Å².